The molecule has 0 bridgehead atoms. The second kappa shape index (κ2) is 4.66. The Labute approximate surface area is 113 Å². The highest BCUT2D eigenvalue weighted by Gasteiger charge is 2.08. The van der Waals surface area contributed by atoms with Crippen molar-refractivity contribution in [3.63, 3.8) is 0 Å². The highest BCUT2D eigenvalue weighted by atomic mass is 79.9. The third-order valence-corrected chi connectivity index (χ3v) is 3.44. The molecule has 0 aliphatic rings. The zero-order chi connectivity index (χ0) is 12.5. The first kappa shape index (κ1) is 11.6. The van der Waals surface area contributed by atoms with Crippen LogP contribution in [0, 0.1) is 0 Å². The van der Waals surface area contributed by atoms with Crippen molar-refractivity contribution in [2.75, 3.05) is 13.7 Å². The van der Waals surface area contributed by atoms with Crippen LogP contribution in [-0.2, 0) is 11.3 Å². The van der Waals surface area contributed by atoms with Crippen LogP contribution in [0.25, 0.3) is 21.9 Å². The van der Waals surface area contributed by atoms with Crippen LogP contribution in [0.2, 0.25) is 0 Å². The lowest BCUT2D eigenvalue weighted by Gasteiger charge is -2.06. The van der Waals surface area contributed by atoms with Crippen molar-refractivity contribution in [2.45, 2.75) is 6.54 Å². The predicted molar refractivity (Wildman–Crippen MR) is 74.6 cm³/mol. The zero-order valence-electron chi connectivity index (χ0n) is 9.93. The summed E-state index contributed by atoms with van der Waals surface area (Å²) in [6.07, 6.45) is 3.65. The fraction of sp³-hybridized carbons (Fsp3) is 0.231. The molecule has 0 spiro atoms. The van der Waals surface area contributed by atoms with Gasteiger partial charge in [0.05, 0.1) is 30.2 Å². The summed E-state index contributed by atoms with van der Waals surface area (Å²) in [6.45, 7) is 1.46. The smallest absolute Gasteiger partial charge is 0.107 e. The van der Waals surface area contributed by atoms with Crippen molar-refractivity contribution in [1.82, 2.24) is 14.5 Å². The molecule has 92 valence electrons. The number of pyridine rings is 1. The summed E-state index contributed by atoms with van der Waals surface area (Å²) in [5.41, 5.74) is 3.00. The van der Waals surface area contributed by atoms with E-state index in [1.807, 2.05) is 24.7 Å². The molecule has 0 saturated heterocycles. The lowest BCUT2D eigenvalue weighted by atomic mass is 10.2. The quantitative estimate of drug-likeness (QED) is 0.747. The summed E-state index contributed by atoms with van der Waals surface area (Å²) < 4.78 is 8.28. The molecule has 0 fully saturated rings. The number of halogens is 1. The molecule has 2 heterocycles. The first-order chi connectivity index (χ1) is 8.79. The maximum Gasteiger partial charge on any atom is 0.107 e. The molecular formula is C13H12BrN3O. The van der Waals surface area contributed by atoms with Gasteiger partial charge >= 0.3 is 0 Å². The van der Waals surface area contributed by atoms with E-state index in [-0.39, 0.29) is 0 Å². The zero-order valence-corrected chi connectivity index (χ0v) is 11.5. The van der Waals surface area contributed by atoms with E-state index in [9.17, 15) is 0 Å². The van der Waals surface area contributed by atoms with E-state index in [0.717, 1.165) is 33.0 Å². The average molecular weight is 306 g/mol. The molecule has 4 nitrogen and oxygen atoms in total. The summed E-state index contributed by atoms with van der Waals surface area (Å²) in [5.74, 6) is 0. The number of nitrogens with zero attached hydrogens (tertiary/aromatic N) is 3. The van der Waals surface area contributed by atoms with Crippen LogP contribution in [0.1, 0.15) is 0 Å². The van der Waals surface area contributed by atoms with Crippen molar-refractivity contribution < 1.29 is 4.74 Å². The van der Waals surface area contributed by atoms with Crippen molar-refractivity contribution >= 4 is 37.9 Å². The summed E-state index contributed by atoms with van der Waals surface area (Å²) >= 11 is 3.50. The van der Waals surface area contributed by atoms with Crippen LogP contribution in [0.3, 0.4) is 0 Å². The van der Waals surface area contributed by atoms with Gasteiger partial charge in [0.2, 0.25) is 0 Å². The maximum absolute atomic E-state index is 5.13. The molecule has 1 aromatic carbocycles. The SMILES string of the molecule is COCCn1cnc2cnc3ccc(Br)cc3c21. The third-order valence-electron chi connectivity index (χ3n) is 2.94. The van der Waals surface area contributed by atoms with Gasteiger partial charge in [-0.15, -0.1) is 0 Å². The first-order valence-corrected chi connectivity index (χ1v) is 6.47. The lowest BCUT2D eigenvalue weighted by molar-refractivity contribution is 0.188. The van der Waals surface area contributed by atoms with Gasteiger partial charge in [-0.2, -0.15) is 0 Å². The number of ether oxygens (including phenoxy) is 1. The number of imidazole rings is 1. The minimum absolute atomic E-state index is 0.670. The van der Waals surface area contributed by atoms with Gasteiger partial charge in [0, 0.05) is 23.5 Å². The molecule has 0 aliphatic carbocycles. The van der Waals surface area contributed by atoms with Gasteiger partial charge in [-0.25, -0.2) is 4.98 Å². The van der Waals surface area contributed by atoms with Crippen molar-refractivity contribution in [3.8, 4) is 0 Å². The molecule has 0 amide bonds. The van der Waals surface area contributed by atoms with Crippen LogP contribution in [0.5, 0.6) is 0 Å². The van der Waals surface area contributed by atoms with Crippen molar-refractivity contribution in [2.24, 2.45) is 0 Å². The molecule has 2 aromatic heterocycles. The second-order valence-electron chi connectivity index (χ2n) is 4.08. The van der Waals surface area contributed by atoms with E-state index >= 15 is 0 Å². The first-order valence-electron chi connectivity index (χ1n) is 5.67. The third kappa shape index (κ3) is 1.89. The number of methoxy groups -OCH3 is 1. The molecule has 0 saturated carbocycles. The molecule has 0 atom stereocenters. The van der Waals surface area contributed by atoms with Crippen LogP contribution in [0.4, 0.5) is 0 Å². The molecule has 0 radical (unpaired) electrons. The standard InChI is InChI=1S/C13H12BrN3O/c1-18-5-4-17-8-16-12-7-15-11-3-2-9(14)6-10(11)13(12)17/h2-3,6-8H,4-5H2,1H3. The number of hydrogen-bond donors (Lipinski definition) is 0. The molecule has 0 unspecified atom stereocenters. The van der Waals surface area contributed by atoms with Gasteiger partial charge < -0.3 is 9.30 Å². The van der Waals surface area contributed by atoms with Gasteiger partial charge in [0.25, 0.3) is 0 Å². The summed E-state index contributed by atoms with van der Waals surface area (Å²) in [4.78, 5) is 8.80. The number of rotatable bonds is 3. The number of hydrogen-bond acceptors (Lipinski definition) is 3. The topological polar surface area (TPSA) is 39.9 Å². The van der Waals surface area contributed by atoms with Gasteiger partial charge in [0.1, 0.15) is 5.52 Å². The van der Waals surface area contributed by atoms with Crippen LogP contribution < -0.4 is 0 Å². The van der Waals surface area contributed by atoms with Crippen molar-refractivity contribution in [3.05, 3.63) is 35.2 Å². The summed E-state index contributed by atoms with van der Waals surface area (Å²) in [7, 11) is 1.70. The highest BCUT2D eigenvalue weighted by molar-refractivity contribution is 9.10. The van der Waals surface area contributed by atoms with Crippen molar-refractivity contribution in [1.29, 1.82) is 0 Å². The normalized spacial score (nSPS) is 11.4. The molecule has 3 aromatic rings. The van der Waals surface area contributed by atoms with E-state index in [4.69, 9.17) is 4.74 Å². The van der Waals surface area contributed by atoms with E-state index in [2.05, 4.69) is 36.5 Å². The summed E-state index contributed by atoms with van der Waals surface area (Å²) in [5, 5.41) is 1.11. The number of fused-ring (bicyclic) bond motifs is 3. The van der Waals surface area contributed by atoms with Crippen LogP contribution in [-0.4, -0.2) is 28.3 Å². The monoisotopic (exact) mass is 305 g/mol. The maximum atomic E-state index is 5.13. The molecule has 0 N–H and O–H groups in total. The molecule has 18 heavy (non-hydrogen) atoms. The largest absolute Gasteiger partial charge is 0.383 e. The Balaban J connectivity index is 2.29. The molecule has 3 rings (SSSR count). The van der Waals surface area contributed by atoms with E-state index < -0.39 is 0 Å². The Morgan fingerprint density at radius 1 is 1.28 bits per heavy atom. The van der Waals surface area contributed by atoms with Gasteiger partial charge in [-0.3, -0.25) is 4.98 Å². The van der Waals surface area contributed by atoms with Gasteiger partial charge in [0.15, 0.2) is 0 Å². The Morgan fingerprint density at radius 2 is 2.17 bits per heavy atom. The minimum Gasteiger partial charge on any atom is -0.383 e. The van der Waals surface area contributed by atoms with E-state index in [0.29, 0.717) is 6.61 Å². The molecular weight excluding hydrogens is 294 g/mol. The number of aromatic nitrogens is 3. The predicted octanol–water partition coefficient (Wildman–Crippen LogP) is 2.99. The highest BCUT2D eigenvalue weighted by Crippen LogP contribution is 2.25. The Hall–Kier alpha value is -1.46. The summed E-state index contributed by atoms with van der Waals surface area (Å²) in [6, 6.07) is 6.08. The lowest BCUT2D eigenvalue weighted by Crippen LogP contribution is -2.02. The van der Waals surface area contributed by atoms with Gasteiger partial charge in [-0.05, 0) is 18.2 Å². The Kier molecular flexibility index (Phi) is 3.01. The Morgan fingerprint density at radius 3 is 3.00 bits per heavy atom. The van der Waals surface area contributed by atoms with E-state index in [1.165, 1.54) is 0 Å². The van der Waals surface area contributed by atoms with Crippen LogP contribution in [0.15, 0.2) is 35.2 Å². The van der Waals surface area contributed by atoms with E-state index in [1.54, 1.807) is 7.11 Å². The minimum atomic E-state index is 0.670. The van der Waals surface area contributed by atoms with Crippen LogP contribution >= 0.6 is 15.9 Å². The second-order valence-corrected chi connectivity index (χ2v) is 5.00. The molecule has 5 heteroatoms. The fourth-order valence-corrected chi connectivity index (χ4v) is 2.45. The van der Waals surface area contributed by atoms with Gasteiger partial charge in [-0.1, -0.05) is 15.9 Å². The number of benzene rings is 1. The fourth-order valence-electron chi connectivity index (χ4n) is 2.09. The molecule has 0 aliphatic heterocycles. The average Bonchev–Trinajstić information content (AvgIpc) is 2.79. The Bertz CT molecular complexity index is 708.